The van der Waals surface area contributed by atoms with Crippen molar-refractivity contribution in [3.8, 4) is 0 Å². The maximum atomic E-state index is 4.82. The van der Waals surface area contributed by atoms with Crippen LogP contribution < -0.4 is 5.32 Å². The second-order valence-corrected chi connectivity index (χ2v) is 7.38. The molecule has 0 aliphatic carbocycles. The molecule has 1 atom stereocenters. The van der Waals surface area contributed by atoms with Gasteiger partial charge in [0.1, 0.15) is 0 Å². The lowest BCUT2D eigenvalue weighted by Gasteiger charge is -2.32. The van der Waals surface area contributed by atoms with Crippen LogP contribution in [0.4, 0.5) is 0 Å². The molecule has 118 valence electrons. The Morgan fingerprint density at radius 2 is 2.05 bits per heavy atom. The molecule has 1 fully saturated rings. The molecule has 0 aromatic carbocycles. The average Bonchev–Trinajstić information content (AvgIpc) is 2.45. The van der Waals surface area contributed by atoms with E-state index in [-0.39, 0.29) is 5.54 Å². The van der Waals surface area contributed by atoms with Gasteiger partial charge in [0.25, 0.3) is 0 Å². The Morgan fingerprint density at radius 1 is 1.29 bits per heavy atom. The summed E-state index contributed by atoms with van der Waals surface area (Å²) in [4.78, 5) is 7.39. The Kier molecular flexibility index (Phi) is 5.77. The first kappa shape index (κ1) is 16.4. The fourth-order valence-corrected chi connectivity index (χ4v) is 2.93. The average molecular weight is 289 g/mol. The van der Waals surface area contributed by atoms with Crippen molar-refractivity contribution in [1.29, 1.82) is 0 Å². The Balaban J connectivity index is 1.91. The number of pyridine rings is 1. The van der Waals surface area contributed by atoms with E-state index in [1.54, 1.807) is 0 Å². The third kappa shape index (κ3) is 5.76. The summed E-state index contributed by atoms with van der Waals surface area (Å²) in [6.45, 7) is 13.2. The molecule has 0 amide bonds. The molecule has 0 radical (unpaired) electrons. The molecule has 0 saturated carbocycles. The van der Waals surface area contributed by atoms with Crippen molar-refractivity contribution in [3.05, 3.63) is 29.6 Å². The van der Waals surface area contributed by atoms with Crippen LogP contribution in [-0.4, -0.2) is 28.5 Å². The summed E-state index contributed by atoms with van der Waals surface area (Å²) in [7, 11) is 0. The molecule has 3 nitrogen and oxygen atoms in total. The molecule has 1 aromatic heterocycles. The highest BCUT2D eigenvalue weighted by Crippen LogP contribution is 2.20. The SMILES string of the molecule is CCC1CCCN(Cc2cccc(CNC(C)(C)C)n2)C1. The highest BCUT2D eigenvalue weighted by molar-refractivity contribution is 5.11. The molecule has 21 heavy (non-hydrogen) atoms. The van der Waals surface area contributed by atoms with Gasteiger partial charge in [0, 0.05) is 25.2 Å². The summed E-state index contributed by atoms with van der Waals surface area (Å²) in [6, 6.07) is 6.42. The number of rotatable bonds is 5. The second-order valence-electron chi connectivity index (χ2n) is 7.38. The zero-order chi connectivity index (χ0) is 15.3. The highest BCUT2D eigenvalue weighted by Gasteiger charge is 2.18. The van der Waals surface area contributed by atoms with Crippen LogP contribution >= 0.6 is 0 Å². The van der Waals surface area contributed by atoms with E-state index < -0.39 is 0 Å². The van der Waals surface area contributed by atoms with E-state index in [9.17, 15) is 0 Å². The summed E-state index contributed by atoms with van der Waals surface area (Å²) in [6.07, 6.45) is 4.04. The second kappa shape index (κ2) is 7.37. The van der Waals surface area contributed by atoms with Crippen molar-refractivity contribution in [2.75, 3.05) is 13.1 Å². The zero-order valence-electron chi connectivity index (χ0n) is 14.2. The number of likely N-dealkylation sites (tertiary alicyclic amines) is 1. The molecule has 1 aliphatic heterocycles. The van der Waals surface area contributed by atoms with Gasteiger partial charge in [-0.2, -0.15) is 0 Å². The predicted molar refractivity (Wildman–Crippen MR) is 89.1 cm³/mol. The fraction of sp³-hybridized carbons (Fsp3) is 0.722. The molecule has 0 spiro atoms. The Morgan fingerprint density at radius 3 is 2.76 bits per heavy atom. The van der Waals surface area contributed by atoms with Crippen LogP contribution in [0.15, 0.2) is 18.2 Å². The molecule has 2 heterocycles. The van der Waals surface area contributed by atoms with Crippen LogP contribution in [0.3, 0.4) is 0 Å². The normalized spacial score (nSPS) is 20.7. The number of nitrogens with one attached hydrogen (secondary N) is 1. The topological polar surface area (TPSA) is 28.2 Å². The van der Waals surface area contributed by atoms with Gasteiger partial charge in [-0.05, 0) is 58.2 Å². The molecule has 0 bridgehead atoms. The standard InChI is InChI=1S/C18H31N3/c1-5-15-8-7-11-21(13-15)14-17-10-6-9-16(20-17)12-19-18(2,3)4/h6,9-10,15,19H,5,7-8,11-14H2,1-4H3. The highest BCUT2D eigenvalue weighted by atomic mass is 15.1. The van der Waals surface area contributed by atoms with Crippen molar-refractivity contribution < 1.29 is 0 Å². The van der Waals surface area contributed by atoms with E-state index in [0.29, 0.717) is 0 Å². The summed E-state index contributed by atoms with van der Waals surface area (Å²) >= 11 is 0. The van der Waals surface area contributed by atoms with Crippen molar-refractivity contribution >= 4 is 0 Å². The maximum absolute atomic E-state index is 4.82. The molecular formula is C18H31N3. The van der Waals surface area contributed by atoms with E-state index >= 15 is 0 Å². The molecule has 2 rings (SSSR count). The van der Waals surface area contributed by atoms with E-state index in [4.69, 9.17) is 4.98 Å². The third-order valence-corrected chi connectivity index (χ3v) is 4.23. The van der Waals surface area contributed by atoms with Crippen LogP contribution in [0.2, 0.25) is 0 Å². The molecule has 3 heteroatoms. The smallest absolute Gasteiger partial charge is 0.0547 e. The van der Waals surface area contributed by atoms with Crippen LogP contribution in [0, 0.1) is 5.92 Å². The van der Waals surface area contributed by atoms with Crippen molar-refractivity contribution in [1.82, 2.24) is 15.2 Å². The van der Waals surface area contributed by atoms with Crippen LogP contribution in [-0.2, 0) is 13.1 Å². The van der Waals surface area contributed by atoms with Gasteiger partial charge in [0.05, 0.1) is 11.4 Å². The fourth-order valence-electron chi connectivity index (χ4n) is 2.93. The third-order valence-electron chi connectivity index (χ3n) is 4.23. The van der Waals surface area contributed by atoms with Gasteiger partial charge in [-0.3, -0.25) is 9.88 Å². The quantitative estimate of drug-likeness (QED) is 0.898. The Hall–Kier alpha value is -0.930. The minimum atomic E-state index is 0.138. The monoisotopic (exact) mass is 289 g/mol. The first-order chi connectivity index (χ1) is 9.96. The molecule has 1 saturated heterocycles. The lowest BCUT2D eigenvalue weighted by atomic mass is 9.95. The van der Waals surface area contributed by atoms with Crippen molar-refractivity contribution in [2.24, 2.45) is 5.92 Å². The molecule has 1 unspecified atom stereocenters. The number of hydrogen-bond acceptors (Lipinski definition) is 3. The number of hydrogen-bond donors (Lipinski definition) is 1. The summed E-state index contributed by atoms with van der Waals surface area (Å²) < 4.78 is 0. The summed E-state index contributed by atoms with van der Waals surface area (Å²) in [5, 5.41) is 3.51. The lowest BCUT2D eigenvalue weighted by molar-refractivity contribution is 0.163. The van der Waals surface area contributed by atoms with E-state index in [0.717, 1.165) is 24.7 Å². The van der Waals surface area contributed by atoms with Gasteiger partial charge >= 0.3 is 0 Å². The lowest BCUT2D eigenvalue weighted by Crippen LogP contribution is -2.36. The first-order valence-corrected chi connectivity index (χ1v) is 8.38. The van der Waals surface area contributed by atoms with Crippen molar-refractivity contribution in [2.45, 2.75) is 65.6 Å². The van der Waals surface area contributed by atoms with Gasteiger partial charge in [-0.25, -0.2) is 0 Å². The molecule has 1 aromatic rings. The minimum absolute atomic E-state index is 0.138. The van der Waals surface area contributed by atoms with Crippen LogP contribution in [0.5, 0.6) is 0 Å². The molecule has 1 N–H and O–H groups in total. The summed E-state index contributed by atoms with van der Waals surface area (Å²) in [5.41, 5.74) is 2.49. The zero-order valence-corrected chi connectivity index (χ0v) is 14.2. The van der Waals surface area contributed by atoms with Crippen molar-refractivity contribution in [3.63, 3.8) is 0 Å². The van der Waals surface area contributed by atoms with Gasteiger partial charge in [0.2, 0.25) is 0 Å². The van der Waals surface area contributed by atoms with Gasteiger partial charge in [0.15, 0.2) is 0 Å². The van der Waals surface area contributed by atoms with Crippen LogP contribution in [0.25, 0.3) is 0 Å². The van der Waals surface area contributed by atoms with Gasteiger partial charge in [-0.1, -0.05) is 19.4 Å². The molecular weight excluding hydrogens is 258 g/mol. The Bertz CT molecular complexity index is 436. The maximum Gasteiger partial charge on any atom is 0.0547 e. The van der Waals surface area contributed by atoms with Gasteiger partial charge in [-0.15, -0.1) is 0 Å². The number of piperidine rings is 1. The van der Waals surface area contributed by atoms with Crippen LogP contribution in [0.1, 0.15) is 58.3 Å². The van der Waals surface area contributed by atoms with E-state index in [1.807, 2.05) is 0 Å². The first-order valence-electron chi connectivity index (χ1n) is 8.38. The number of nitrogens with zero attached hydrogens (tertiary/aromatic N) is 2. The molecule has 1 aliphatic rings. The Labute approximate surface area is 130 Å². The number of aromatic nitrogens is 1. The van der Waals surface area contributed by atoms with Gasteiger partial charge < -0.3 is 5.32 Å². The summed E-state index contributed by atoms with van der Waals surface area (Å²) in [5.74, 6) is 0.879. The van der Waals surface area contributed by atoms with E-state index in [2.05, 4.69) is 56.1 Å². The minimum Gasteiger partial charge on any atom is -0.306 e. The van der Waals surface area contributed by atoms with E-state index in [1.165, 1.54) is 38.0 Å². The predicted octanol–water partition coefficient (Wildman–Crippen LogP) is 3.59. The largest absolute Gasteiger partial charge is 0.306 e.